The standard InChI is InChI=1S/C16H22N2O4S/c1-3-17-16(20)14-8-10-18(11-9-14)23(21,22)15-6-4-13(5-7-15)12(2)19/h4-7,14H,3,8-11H2,1-2H3,(H,17,20). The molecule has 0 unspecified atom stereocenters. The Kier molecular flexibility index (Phi) is 5.54. The molecule has 1 saturated heterocycles. The van der Waals surface area contributed by atoms with Crippen LogP contribution in [0.25, 0.3) is 0 Å². The molecule has 1 fully saturated rings. The van der Waals surface area contributed by atoms with Crippen LogP contribution >= 0.6 is 0 Å². The van der Waals surface area contributed by atoms with Gasteiger partial charge in [0.05, 0.1) is 4.90 Å². The zero-order valence-electron chi connectivity index (χ0n) is 13.4. The maximum atomic E-state index is 12.6. The average Bonchev–Trinajstić information content (AvgIpc) is 2.55. The van der Waals surface area contributed by atoms with E-state index in [0.29, 0.717) is 38.0 Å². The minimum Gasteiger partial charge on any atom is -0.356 e. The maximum Gasteiger partial charge on any atom is 0.243 e. The van der Waals surface area contributed by atoms with E-state index in [1.165, 1.54) is 35.5 Å². The molecular weight excluding hydrogens is 316 g/mol. The fourth-order valence-electron chi connectivity index (χ4n) is 2.69. The summed E-state index contributed by atoms with van der Waals surface area (Å²) >= 11 is 0. The van der Waals surface area contributed by atoms with Crippen LogP contribution in [0.4, 0.5) is 0 Å². The highest BCUT2D eigenvalue weighted by Gasteiger charge is 2.31. The van der Waals surface area contributed by atoms with E-state index >= 15 is 0 Å². The van der Waals surface area contributed by atoms with Gasteiger partial charge in [-0.15, -0.1) is 0 Å². The van der Waals surface area contributed by atoms with Gasteiger partial charge in [-0.3, -0.25) is 9.59 Å². The summed E-state index contributed by atoms with van der Waals surface area (Å²) in [5.74, 6) is -0.228. The molecule has 0 aliphatic carbocycles. The maximum absolute atomic E-state index is 12.6. The molecule has 1 aliphatic rings. The second-order valence-corrected chi connectivity index (χ2v) is 7.59. The van der Waals surface area contributed by atoms with Crippen molar-refractivity contribution in [2.45, 2.75) is 31.6 Å². The van der Waals surface area contributed by atoms with Gasteiger partial charge in [0.1, 0.15) is 0 Å². The normalized spacial score (nSPS) is 17.0. The van der Waals surface area contributed by atoms with Crippen molar-refractivity contribution >= 4 is 21.7 Å². The van der Waals surface area contributed by atoms with Crippen molar-refractivity contribution in [3.63, 3.8) is 0 Å². The number of Topliss-reactive ketones (excluding diaryl/α,β-unsaturated/α-hetero) is 1. The van der Waals surface area contributed by atoms with Gasteiger partial charge in [0, 0.05) is 31.1 Å². The van der Waals surface area contributed by atoms with Gasteiger partial charge >= 0.3 is 0 Å². The van der Waals surface area contributed by atoms with Crippen molar-refractivity contribution in [2.24, 2.45) is 5.92 Å². The van der Waals surface area contributed by atoms with Gasteiger partial charge in [-0.25, -0.2) is 8.42 Å². The second kappa shape index (κ2) is 7.23. The van der Waals surface area contributed by atoms with E-state index in [9.17, 15) is 18.0 Å². The van der Waals surface area contributed by atoms with Crippen molar-refractivity contribution < 1.29 is 18.0 Å². The Morgan fingerprint density at radius 1 is 1.17 bits per heavy atom. The molecule has 1 aromatic rings. The van der Waals surface area contributed by atoms with Crippen LogP contribution in [0.1, 0.15) is 37.0 Å². The summed E-state index contributed by atoms with van der Waals surface area (Å²) in [4.78, 5) is 23.3. The zero-order valence-corrected chi connectivity index (χ0v) is 14.2. The predicted octanol–water partition coefficient (Wildman–Crippen LogP) is 1.43. The Balaban J connectivity index is 2.07. The van der Waals surface area contributed by atoms with E-state index in [4.69, 9.17) is 0 Å². The van der Waals surface area contributed by atoms with Gasteiger partial charge in [0.15, 0.2) is 5.78 Å². The Morgan fingerprint density at radius 2 is 1.74 bits per heavy atom. The number of nitrogens with one attached hydrogen (secondary N) is 1. The summed E-state index contributed by atoms with van der Waals surface area (Å²) in [5, 5.41) is 2.78. The van der Waals surface area contributed by atoms with Crippen molar-refractivity contribution in [3.8, 4) is 0 Å². The lowest BCUT2D eigenvalue weighted by Gasteiger charge is -2.30. The first-order valence-electron chi connectivity index (χ1n) is 7.75. The van der Waals surface area contributed by atoms with Gasteiger partial charge in [0.25, 0.3) is 0 Å². The number of nitrogens with zero attached hydrogens (tertiary/aromatic N) is 1. The molecule has 2 rings (SSSR count). The third-order valence-corrected chi connectivity index (χ3v) is 5.99. The van der Waals surface area contributed by atoms with Crippen molar-refractivity contribution in [1.29, 1.82) is 0 Å². The van der Waals surface area contributed by atoms with Crippen LogP contribution in [0.15, 0.2) is 29.2 Å². The zero-order chi connectivity index (χ0) is 17.0. The first-order chi connectivity index (χ1) is 10.9. The minimum atomic E-state index is -3.58. The molecule has 0 atom stereocenters. The number of hydrogen-bond donors (Lipinski definition) is 1. The Bertz CT molecular complexity index is 675. The smallest absolute Gasteiger partial charge is 0.243 e. The monoisotopic (exact) mass is 338 g/mol. The number of ketones is 1. The van der Waals surface area contributed by atoms with E-state index < -0.39 is 10.0 Å². The van der Waals surface area contributed by atoms with Gasteiger partial charge in [-0.2, -0.15) is 4.31 Å². The van der Waals surface area contributed by atoms with E-state index in [1.807, 2.05) is 6.92 Å². The predicted molar refractivity (Wildman–Crippen MR) is 86.6 cm³/mol. The molecule has 126 valence electrons. The molecule has 0 spiro atoms. The van der Waals surface area contributed by atoms with Crippen LogP contribution in [-0.2, 0) is 14.8 Å². The van der Waals surface area contributed by atoms with Crippen LogP contribution in [0.2, 0.25) is 0 Å². The topological polar surface area (TPSA) is 83.6 Å². The summed E-state index contributed by atoms with van der Waals surface area (Å²) in [7, 11) is -3.58. The third kappa shape index (κ3) is 3.97. The molecule has 1 aliphatic heterocycles. The average molecular weight is 338 g/mol. The number of sulfonamides is 1. The molecule has 0 radical (unpaired) electrons. The highest BCUT2D eigenvalue weighted by Crippen LogP contribution is 2.24. The lowest BCUT2D eigenvalue weighted by atomic mass is 9.97. The summed E-state index contributed by atoms with van der Waals surface area (Å²) in [6.45, 7) is 4.55. The van der Waals surface area contributed by atoms with E-state index in [1.54, 1.807) is 0 Å². The highest BCUT2D eigenvalue weighted by molar-refractivity contribution is 7.89. The van der Waals surface area contributed by atoms with E-state index in [-0.39, 0.29) is 22.5 Å². The molecule has 7 heteroatoms. The summed E-state index contributed by atoms with van der Waals surface area (Å²) in [5.41, 5.74) is 0.485. The van der Waals surface area contributed by atoms with Crippen LogP contribution in [0.5, 0.6) is 0 Å². The lowest BCUT2D eigenvalue weighted by Crippen LogP contribution is -2.42. The van der Waals surface area contributed by atoms with Gasteiger partial charge < -0.3 is 5.32 Å². The van der Waals surface area contributed by atoms with E-state index in [0.717, 1.165) is 0 Å². The van der Waals surface area contributed by atoms with Crippen molar-refractivity contribution in [2.75, 3.05) is 19.6 Å². The number of hydrogen-bond acceptors (Lipinski definition) is 4. The molecule has 6 nitrogen and oxygen atoms in total. The van der Waals surface area contributed by atoms with Crippen LogP contribution in [-0.4, -0.2) is 44.0 Å². The SMILES string of the molecule is CCNC(=O)C1CCN(S(=O)(=O)c2ccc(C(C)=O)cc2)CC1. The molecule has 0 saturated carbocycles. The third-order valence-electron chi connectivity index (χ3n) is 4.07. The van der Waals surface area contributed by atoms with Crippen LogP contribution < -0.4 is 5.32 Å². The molecule has 1 amide bonds. The second-order valence-electron chi connectivity index (χ2n) is 5.65. The summed E-state index contributed by atoms with van der Waals surface area (Å²) < 4.78 is 26.6. The molecule has 1 N–H and O–H groups in total. The summed E-state index contributed by atoms with van der Waals surface area (Å²) in [6, 6.07) is 5.97. The van der Waals surface area contributed by atoms with E-state index in [2.05, 4.69) is 5.32 Å². The Hall–Kier alpha value is -1.73. The molecule has 1 aromatic carbocycles. The number of carbonyl (C=O) groups is 2. The highest BCUT2D eigenvalue weighted by atomic mass is 32.2. The number of piperidine rings is 1. The number of amides is 1. The van der Waals surface area contributed by atoms with Crippen LogP contribution in [0, 0.1) is 5.92 Å². The Labute approximate surface area is 136 Å². The molecule has 23 heavy (non-hydrogen) atoms. The van der Waals surface area contributed by atoms with Crippen molar-refractivity contribution in [1.82, 2.24) is 9.62 Å². The minimum absolute atomic E-state index is 0.00430. The molecule has 0 bridgehead atoms. The van der Waals surface area contributed by atoms with Gasteiger partial charge in [-0.05, 0) is 38.8 Å². The largest absolute Gasteiger partial charge is 0.356 e. The molecule has 1 heterocycles. The van der Waals surface area contributed by atoms with Gasteiger partial charge in [0.2, 0.25) is 15.9 Å². The Morgan fingerprint density at radius 3 is 2.22 bits per heavy atom. The fourth-order valence-corrected chi connectivity index (χ4v) is 4.16. The van der Waals surface area contributed by atoms with Crippen LogP contribution in [0.3, 0.4) is 0 Å². The fraction of sp³-hybridized carbons (Fsp3) is 0.500. The number of rotatable bonds is 5. The number of carbonyl (C=O) groups excluding carboxylic acids is 2. The molecular formula is C16H22N2O4S. The first kappa shape index (κ1) is 17.6. The molecule has 0 aromatic heterocycles. The number of benzene rings is 1. The first-order valence-corrected chi connectivity index (χ1v) is 9.19. The summed E-state index contributed by atoms with van der Waals surface area (Å²) in [6.07, 6.45) is 1.05. The lowest BCUT2D eigenvalue weighted by molar-refractivity contribution is -0.126. The van der Waals surface area contributed by atoms with Gasteiger partial charge in [-0.1, -0.05) is 12.1 Å². The van der Waals surface area contributed by atoms with Crippen molar-refractivity contribution in [3.05, 3.63) is 29.8 Å². The quantitative estimate of drug-likeness (QED) is 0.823.